The van der Waals surface area contributed by atoms with Gasteiger partial charge in [-0.3, -0.25) is 4.79 Å². The van der Waals surface area contributed by atoms with Crippen molar-refractivity contribution in [3.63, 3.8) is 0 Å². The molecule has 2 heterocycles. The minimum atomic E-state index is -4.17. The van der Waals surface area contributed by atoms with E-state index in [1.807, 2.05) is 6.07 Å². The minimum absolute atomic E-state index is 0.0663. The third-order valence-electron chi connectivity index (χ3n) is 4.03. The molecule has 0 fully saturated rings. The first-order valence-electron chi connectivity index (χ1n) is 8.18. The van der Waals surface area contributed by atoms with Crippen LogP contribution in [0.15, 0.2) is 35.5 Å². The summed E-state index contributed by atoms with van der Waals surface area (Å²) >= 11 is 0. The molecule has 10 nitrogen and oxygen atoms in total. The van der Waals surface area contributed by atoms with Gasteiger partial charge < -0.3 is 10.6 Å². The number of aryl methyl sites for hydroxylation is 1. The van der Waals surface area contributed by atoms with Crippen molar-refractivity contribution in [1.82, 2.24) is 19.6 Å². The van der Waals surface area contributed by atoms with Crippen molar-refractivity contribution in [3.8, 4) is 6.07 Å². The smallest absolute Gasteiger partial charge is 0.336 e. The highest BCUT2D eigenvalue weighted by Crippen LogP contribution is 2.30. The number of benzene rings is 1. The van der Waals surface area contributed by atoms with Crippen molar-refractivity contribution in [3.05, 3.63) is 47.5 Å². The molecule has 0 aliphatic carbocycles. The third kappa shape index (κ3) is 3.63. The van der Waals surface area contributed by atoms with E-state index in [4.69, 9.17) is 5.26 Å². The molecule has 0 unspecified atom stereocenters. The molecular formula is C17H16N6O4S. The molecule has 1 aliphatic rings. The number of sulfonamides is 1. The maximum Gasteiger partial charge on any atom is 0.336 e. The monoisotopic (exact) mass is 400 g/mol. The number of urea groups is 1. The van der Waals surface area contributed by atoms with Gasteiger partial charge in [-0.05, 0) is 31.5 Å². The summed E-state index contributed by atoms with van der Waals surface area (Å²) in [6, 6.07) is 4.94. The number of hydrogen-bond donors (Lipinski definition) is 2. The van der Waals surface area contributed by atoms with E-state index in [0.29, 0.717) is 9.87 Å². The van der Waals surface area contributed by atoms with Crippen molar-refractivity contribution in [1.29, 1.82) is 5.26 Å². The molecule has 3 rings (SSSR count). The van der Waals surface area contributed by atoms with E-state index < -0.39 is 34.5 Å². The van der Waals surface area contributed by atoms with Gasteiger partial charge in [-0.2, -0.15) is 5.26 Å². The van der Waals surface area contributed by atoms with Gasteiger partial charge in [-0.15, -0.1) is 0 Å². The first-order chi connectivity index (χ1) is 13.2. The van der Waals surface area contributed by atoms with E-state index in [1.54, 1.807) is 19.9 Å². The Morgan fingerprint density at radius 2 is 2.04 bits per heavy atom. The van der Waals surface area contributed by atoms with Crippen LogP contribution in [0.1, 0.15) is 29.9 Å². The maximum atomic E-state index is 12.8. The summed E-state index contributed by atoms with van der Waals surface area (Å²) in [5, 5.41) is 13.8. The van der Waals surface area contributed by atoms with Crippen LogP contribution in [0.5, 0.6) is 0 Å². The van der Waals surface area contributed by atoms with Crippen molar-refractivity contribution < 1.29 is 18.0 Å². The molecule has 0 spiro atoms. The molecule has 0 radical (unpaired) electrons. The van der Waals surface area contributed by atoms with E-state index in [-0.39, 0.29) is 22.0 Å². The number of aromatic nitrogens is 2. The fourth-order valence-corrected chi connectivity index (χ4v) is 4.13. The van der Waals surface area contributed by atoms with E-state index >= 15 is 0 Å². The molecule has 2 N–H and O–H groups in total. The van der Waals surface area contributed by atoms with Gasteiger partial charge in [0.25, 0.3) is 10.0 Å². The lowest BCUT2D eigenvalue weighted by Gasteiger charge is -2.28. The Morgan fingerprint density at radius 1 is 1.36 bits per heavy atom. The summed E-state index contributed by atoms with van der Waals surface area (Å²) in [5.74, 6) is -0.449. The molecule has 0 bridgehead atoms. The fourth-order valence-electron chi connectivity index (χ4n) is 2.61. The van der Waals surface area contributed by atoms with Crippen molar-refractivity contribution >= 4 is 27.6 Å². The number of fused-ring (bicyclic) bond motifs is 1. The second kappa shape index (κ2) is 7.24. The van der Waals surface area contributed by atoms with Crippen LogP contribution in [0, 0.1) is 18.3 Å². The lowest BCUT2D eigenvalue weighted by atomic mass is 10.2. The molecule has 11 heteroatoms. The number of anilines is 1. The molecule has 144 valence electrons. The minimum Gasteiger partial charge on any atom is -0.345 e. The summed E-state index contributed by atoms with van der Waals surface area (Å²) in [4.78, 5) is 32.4. The summed E-state index contributed by atoms with van der Waals surface area (Å²) in [6.07, 6.45) is 2.62. The van der Waals surface area contributed by atoms with Crippen molar-refractivity contribution in [2.75, 3.05) is 11.9 Å². The van der Waals surface area contributed by atoms with Crippen LogP contribution in [0.4, 0.5) is 10.5 Å². The molecule has 1 atom stereocenters. The lowest BCUT2D eigenvalue weighted by molar-refractivity contribution is -0.121. The van der Waals surface area contributed by atoms with Gasteiger partial charge >= 0.3 is 6.03 Å². The van der Waals surface area contributed by atoms with Crippen LogP contribution < -0.4 is 10.6 Å². The van der Waals surface area contributed by atoms with Crippen LogP contribution in [0.3, 0.4) is 0 Å². The fraction of sp³-hybridized carbons (Fsp3) is 0.235. The normalized spacial score (nSPS) is 15.8. The highest BCUT2D eigenvalue weighted by molar-refractivity contribution is 7.90. The quantitative estimate of drug-likeness (QED) is 0.780. The predicted octanol–water partition coefficient (Wildman–Crippen LogP) is 1.07. The molecule has 2 aromatic rings. The molecule has 0 saturated heterocycles. The molecule has 28 heavy (non-hydrogen) atoms. The standard InChI is InChI=1S/C17H16N6O4S/c1-10-3-4-13-14(5-10)28(26,27)23(17(25)22-13)9-15(24)21-11(2)16-19-7-12(6-18)8-20-16/h3-5,7-8,11H,9H2,1-2H3,(H,21,24)(H,22,25)/t11-/m0/s1. The van der Waals surface area contributed by atoms with Gasteiger partial charge in [0.15, 0.2) is 0 Å². The lowest BCUT2D eigenvalue weighted by Crippen LogP contribution is -2.49. The van der Waals surface area contributed by atoms with Crippen LogP contribution in [0.2, 0.25) is 0 Å². The van der Waals surface area contributed by atoms with Gasteiger partial charge in [0.1, 0.15) is 23.3 Å². The number of hydrogen-bond acceptors (Lipinski definition) is 7. The summed E-state index contributed by atoms with van der Waals surface area (Å²) in [5.41, 5.74) is 1.15. The Hall–Kier alpha value is -3.52. The number of nitrogens with one attached hydrogen (secondary N) is 2. The van der Waals surface area contributed by atoms with Gasteiger partial charge in [0.2, 0.25) is 5.91 Å². The van der Waals surface area contributed by atoms with Gasteiger partial charge in [-0.1, -0.05) is 6.07 Å². The molecule has 1 aromatic heterocycles. The number of amides is 3. The average molecular weight is 400 g/mol. The molecule has 1 aliphatic heterocycles. The van der Waals surface area contributed by atoms with E-state index in [0.717, 1.165) is 0 Å². The predicted molar refractivity (Wildman–Crippen MR) is 97.4 cm³/mol. The number of rotatable bonds is 4. The Labute approximate surface area is 161 Å². The Morgan fingerprint density at radius 3 is 2.68 bits per heavy atom. The first kappa shape index (κ1) is 19.2. The SMILES string of the molecule is Cc1ccc2c(c1)S(=O)(=O)N(CC(=O)N[C@@H](C)c1ncc(C#N)cn1)C(=O)N2. The molecule has 0 saturated carbocycles. The summed E-state index contributed by atoms with van der Waals surface area (Å²) < 4.78 is 26.0. The number of nitrogens with zero attached hydrogens (tertiary/aromatic N) is 4. The van der Waals surface area contributed by atoms with E-state index in [2.05, 4.69) is 20.6 Å². The molecule has 1 aromatic carbocycles. The largest absolute Gasteiger partial charge is 0.345 e. The Kier molecular flexibility index (Phi) is 4.98. The highest BCUT2D eigenvalue weighted by Gasteiger charge is 2.38. The zero-order valence-corrected chi connectivity index (χ0v) is 15.8. The Bertz CT molecular complexity index is 1090. The van der Waals surface area contributed by atoms with Gasteiger partial charge in [0, 0.05) is 12.4 Å². The second-order valence-electron chi connectivity index (χ2n) is 6.17. The topological polar surface area (TPSA) is 145 Å². The zero-order chi connectivity index (χ0) is 20.5. The highest BCUT2D eigenvalue weighted by atomic mass is 32.2. The average Bonchev–Trinajstić information content (AvgIpc) is 2.66. The first-order valence-corrected chi connectivity index (χ1v) is 9.62. The molecular weight excluding hydrogens is 384 g/mol. The van der Waals surface area contributed by atoms with Crippen LogP contribution in [0.25, 0.3) is 0 Å². The van der Waals surface area contributed by atoms with Crippen molar-refractivity contribution in [2.45, 2.75) is 24.8 Å². The second-order valence-corrected chi connectivity index (χ2v) is 8.00. The Balaban J connectivity index is 1.76. The summed E-state index contributed by atoms with van der Waals surface area (Å²) in [6.45, 7) is 2.63. The third-order valence-corrected chi connectivity index (χ3v) is 5.79. The van der Waals surface area contributed by atoms with Gasteiger partial charge in [0.05, 0.1) is 17.3 Å². The van der Waals surface area contributed by atoms with Crippen LogP contribution >= 0.6 is 0 Å². The zero-order valence-electron chi connectivity index (χ0n) is 15.0. The summed E-state index contributed by atoms with van der Waals surface area (Å²) in [7, 11) is -4.17. The number of nitriles is 1. The van der Waals surface area contributed by atoms with E-state index in [1.165, 1.54) is 24.5 Å². The van der Waals surface area contributed by atoms with Gasteiger partial charge in [-0.25, -0.2) is 27.5 Å². The van der Waals surface area contributed by atoms with Crippen molar-refractivity contribution in [2.24, 2.45) is 0 Å². The number of carbonyl (C=O) groups excluding carboxylic acids is 2. The van der Waals surface area contributed by atoms with Crippen LogP contribution in [-0.4, -0.2) is 41.2 Å². The van der Waals surface area contributed by atoms with Crippen LogP contribution in [-0.2, 0) is 14.8 Å². The molecule has 3 amide bonds. The maximum absolute atomic E-state index is 12.8. The van der Waals surface area contributed by atoms with E-state index in [9.17, 15) is 18.0 Å². The number of carbonyl (C=O) groups is 2.